The van der Waals surface area contributed by atoms with Crippen LogP contribution in [0.4, 0.5) is 13.2 Å². The quantitative estimate of drug-likeness (QED) is 0.713. The Kier molecular flexibility index (Phi) is 8.65. The lowest BCUT2D eigenvalue weighted by atomic mass is 9.95. The van der Waals surface area contributed by atoms with Crippen molar-refractivity contribution in [3.05, 3.63) is 46.8 Å². The van der Waals surface area contributed by atoms with E-state index in [1.165, 1.54) is 4.68 Å². The molecule has 0 fully saturated rings. The van der Waals surface area contributed by atoms with Gasteiger partial charge in [0, 0.05) is 30.6 Å². The zero-order valence-corrected chi connectivity index (χ0v) is 17.9. The summed E-state index contributed by atoms with van der Waals surface area (Å²) in [4.78, 5) is 21.1. The summed E-state index contributed by atoms with van der Waals surface area (Å²) in [6.45, 7) is 4.07. The summed E-state index contributed by atoms with van der Waals surface area (Å²) in [7, 11) is 0. The molecule has 6 nitrogen and oxygen atoms in total. The van der Waals surface area contributed by atoms with Gasteiger partial charge in [0.15, 0.2) is 5.69 Å². The first-order valence-electron chi connectivity index (χ1n) is 10.5. The topological polar surface area (TPSA) is 90.0 Å². The zero-order valence-electron chi connectivity index (χ0n) is 17.9. The second-order valence-electron chi connectivity index (χ2n) is 7.40. The monoisotopic (exact) mass is 438 g/mol. The Balaban J connectivity index is 0.000000614. The van der Waals surface area contributed by atoms with E-state index in [4.69, 9.17) is 0 Å². The van der Waals surface area contributed by atoms with Gasteiger partial charge in [-0.2, -0.15) is 18.3 Å². The van der Waals surface area contributed by atoms with Crippen LogP contribution in [-0.4, -0.2) is 21.6 Å². The molecule has 3 rings (SSSR count). The van der Waals surface area contributed by atoms with Gasteiger partial charge in [-0.3, -0.25) is 9.59 Å². The Morgan fingerprint density at radius 2 is 1.74 bits per heavy atom. The Hall–Kier alpha value is -2.84. The molecule has 0 atom stereocenters. The molecule has 1 aromatic heterocycles. The number of rotatable bonds is 6. The predicted molar refractivity (Wildman–Crippen MR) is 111 cm³/mol. The van der Waals surface area contributed by atoms with Gasteiger partial charge in [-0.05, 0) is 49.8 Å². The Labute approximate surface area is 180 Å². The van der Waals surface area contributed by atoms with E-state index in [1.807, 2.05) is 19.1 Å². The Morgan fingerprint density at radius 1 is 1.13 bits per heavy atom. The smallest absolute Gasteiger partial charge is 0.370 e. The van der Waals surface area contributed by atoms with Crippen LogP contribution in [0.3, 0.4) is 0 Å². The van der Waals surface area contributed by atoms with Crippen molar-refractivity contribution < 1.29 is 22.8 Å². The van der Waals surface area contributed by atoms with Gasteiger partial charge in [0.2, 0.25) is 11.8 Å². The predicted octanol–water partition coefficient (Wildman–Crippen LogP) is 4.07. The van der Waals surface area contributed by atoms with Crippen LogP contribution in [0, 0.1) is 0 Å². The second-order valence-corrected chi connectivity index (χ2v) is 7.40. The average molecular weight is 438 g/mol. The number of primary amides is 1. The van der Waals surface area contributed by atoms with E-state index in [-0.39, 0.29) is 11.8 Å². The van der Waals surface area contributed by atoms with Crippen molar-refractivity contribution in [1.29, 1.82) is 0 Å². The minimum Gasteiger partial charge on any atom is -0.370 e. The van der Waals surface area contributed by atoms with Gasteiger partial charge >= 0.3 is 6.18 Å². The number of nitrogens with two attached hydrogens (primary N) is 1. The van der Waals surface area contributed by atoms with E-state index in [1.54, 1.807) is 19.1 Å². The summed E-state index contributed by atoms with van der Waals surface area (Å²) in [6.07, 6.45) is -0.0563. The van der Waals surface area contributed by atoms with Crippen LogP contribution >= 0.6 is 0 Å². The van der Waals surface area contributed by atoms with Crippen LogP contribution < -0.4 is 11.1 Å². The Bertz CT molecular complexity index is 889. The number of hydrogen-bond donors (Lipinski definition) is 2. The second kappa shape index (κ2) is 11.0. The van der Waals surface area contributed by atoms with Gasteiger partial charge in [-0.1, -0.05) is 26.0 Å². The van der Waals surface area contributed by atoms with Gasteiger partial charge in [-0.25, -0.2) is 4.68 Å². The molecule has 0 aliphatic heterocycles. The molecule has 2 aromatic rings. The minimum atomic E-state index is -4.43. The molecule has 31 heavy (non-hydrogen) atoms. The molecule has 0 saturated heterocycles. The van der Waals surface area contributed by atoms with Crippen LogP contribution in [-0.2, 0) is 35.2 Å². The van der Waals surface area contributed by atoms with Crippen LogP contribution in [0.1, 0.15) is 68.5 Å². The summed E-state index contributed by atoms with van der Waals surface area (Å²) in [5.74, 6) is -0.252. The number of halogens is 3. The molecule has 0 unspecified atom stereocenters. The van der Waals surface area contributed by atoms with E-state index in [9.17, 15) is 22.8 Å². The van der Waals surface area contributed by atoms with E-state index in [0.29, 0.717) is 49.2 Å². The summed E-state index contributed by atoms with van der Waals surface area (Å²) in [5.41, 5.74) is 6.40. The van der Waals surface area contributed by atoms with Gasteiger partial charge in [-0.15, -0.1) is 0 Å². The van der Waals surface area contributed by atoms with Crippen molar-refractivity contribution in [2.24, 2.45) is 5.73 Å². The fourth-order valence-corrected chi connectivity index (χ4v) is 3.31. The normalized spacial score (nSPS) is 13.1. The number of aromatic nitrogens is 2. The van der Waals surface area contributed by atoms with Crippen LogP contribution in [0.2, 0.25) is 0 Å². The summed E-state index contributed by atoms with van der Waals surface area (Å²) in [6, 6.07) is 7.13. The molecular weight excluding hydrogens is 409 g/mol. The summed E-state index contributed by atoms with van der Waals surface area (Å²) >= 11 is 0. The van der Waals surface area contributed by atoms with Crippen molar-refractivity contribution in [2.75, 3.05) is 0 Å². The third-order valence-corrected chi connectivity index (χ3v) is 4.94. The molecule has 0 spiro atoms. The number of carbonyl (C=O) groups is 2. The number of nitrogens with one attached hydrogen (secondary N) is 1. The molecule has 1 aromatic carbocycles. The number of nitrogens with zero attached hydrogens (tertiary/aromatic N) is 2. The highest BCUT2D eigenvalue weighted by Crippen LogP contribution is 2.36. The first-order chi connectivity index (χ1) is 14.7. The maximum atomic E-state index is 13.3. The summed E-state index contributed by atoms with van der Waals surface area (Å²) in [5, 5.41) is 6.71. The number of alkyl halides is 3. The third-order valence-electron chi connectivity index (χ3n) is 4.94. The number of amides is 2. The van der Waals surface area contributed by atoms with Gasteiger partial charge in [0.25, 0.3) is 0 Å². The van der Waals surface area contributed by atoms with Crippen molar-refractivity contribution in [3.8, 4) is 5.69 Å². The van der Waals surface area contributed by atoms with Gasteiger partial charge in [0.1, 0.15) is 0 Å². The van der Waals surface area contributed by atoms with Crippen LogP contribution in [0.25, 0.3) is 5.69 Å². The fraction of sp³-hybridized carbons (Fsp3) is 0.500. The number of fused-ring (bicyclic) bond motifs is 1. The van der Waals surface area contributed by atoms with E-state index < -0.39 is 11.9 Å². The highest BCUT2D eigenvalue weighted by atomic mass is 19.4. The zero-order chi connectivity index (χ0) is 23.0. The lowest BCUT2D eigenvalue weighted by molar-refractivity contribution is -0.142. The van der Waals surface area contributed by atoms with Crippen molar-refractivity contribution >= 4 is 11.8 Å². The van der Waals surface area contributed by atoms with Crippen LogP contribution in [0.5, 0.6) is 0 Å². The largest absolute Gasteiger partial charge is 0.435 e. The number of carbonyl (C=O) groups excluding carboxylic acids is 2. The van der Waals surface area contributed by atoms with E-state index in [0.717, 1.165) is 24.8 Å². The molecule has 3 N–H and O–H groups in total. The molecule has 2 amide bonds. The molecule has 1 aliphatic carbocycles. The molecule has 170 valence electrons. The lowest BCUT2D eigenvalue weighted by Gasteiger charge is -2.15. The maximum Gasteiger partial charge on any atom is 0.435 e. The third kappa shape index (κ3) is 6.83. The number of hydrogen-bond acceptors (Lipinski definition) is 3. The minimum absolute atomic E-state index is 0.00691. The highest BCUT2D eigenvalue weighted by Gasteiger charge is 2.39. The van der Waals surface area contributed by atoms with Crippen molar-refractivity contribution in [2.45, 2.75) is 71.5 Å². The van der Waals surface area contributed by atoms with Crippen molar-refractivity contribution in [1.82, 2.24) is 15.1 Å². The molecule has 0 saturated carbocycles. The Morgan fingerprint density at radius 3 is 2.29 bits per heavy atom. The SMILES string of the molecule is CCC(N)=O.CCCC(=O)NCc1ccc(-n2nc(C(F)(F)F)c3c2CCCC3)cc1. The summed E-state index contributed by atoms with van der Waals surface area (Å²) < 4.78 is 41.3. The molecule has 0 radical (unpaired) electrons. The highest BCUT2D eigenvalue weighted by molar-refractivity contribution is 5.75. The van der Waals surface area contributed by atoms with Gasteiger partial charge < -0.3 is 11.1 Å². The van der Waals surface area contributed by atoms with E-state index >= 15 is 0 Å². The lowest BCUT2D eigenvalue weighted by Crippen LogP contribution is -2.22. The molecule has 1 aliphatic rings. The fourth-order valence-electron chi connectivity index (χ4n) is 3.31. The molecular formula is C22H29F3N4O2. The van der Waals surface area contributed by atoms with Crippen LogP contribution in [0.15, 0.2) is 24.3 Å². The number of benzene rings is 1. The first kappa shape index (κ1) is 24.4. The van der Waals surface area contributed by atoms with Gasteiger partial charge in [0.05, 0.1) is 5.69 Å². The van der Waals surface area contributed by atoms with Crippen molar-refractivity contribution in [3.63, 3.8) is 0 Å². The standard InChI is InChI=1S/C19H22F3N3O.C3H7NO/c1-2-5-17(26)23-12-13-8-10-14(11-9-13)25-16-7-4-3-6-15(16)18(24-25)19(20,21)22;1-2-3(4)5/h8-11H,2-7,12H2,1H3,(H,23,26);2H2,1H3,(H2,4,5). The maximum absolute atomic E-state index is 13.3. The first-order valence-corrected chi connectivity index (χ1v) is 10.5. The van der Waals surface area contributed by atoms with E-state index in [2.05, 4.69) is 16.1 Å². The average Bonchev–Trinajstić information content (AvgIpc) is 3.13. The molecule has 1 heterocycles. The molecule has 9 heteroatoms. The molecule has 0 bridgehead atoms.